The van der Waals surface area contributed by atoms with Crippen molar-refractivity contribution in [2.24, 2.45) is 0 Å². The number of anilines is 1. The summed E-state index contributed by atoms with van der Waals surface area (Å²) in [5.74, 6) is 0.784. The molecule has 0 bridgehead atoms. The van der Waals surface area contributed by atoms with Crippen molar-refractivity contribution in [1.82, 2.24) is 9.88 Å². The average Bonchev–Trinajstić information content (AvgIpc) is 2.55. The second kappa shape index (κ2) is 6.89. The highest BCUT2D eigenvalue weighted by molar-refractivity contribution is 5.82. The topological polar surface area (TPSA) is 80.5 Å². The van der Waals surface area contributed by atoms with E-state index in [4.69, 9.17) is 4.74 Å². The van der Waals surface area contributed by atoms with E-state index in [1.807, 2.05) is 12.1 Å². The molecule has 0 spiro atoms. The number of ether oxygens (including phenoxy) is 1. The molecule has 1 fully saturated rings. The highest BCUT2D eigenvalue weighted by Crippen LogP contribution is 2.21. The fourth-order valence-electron chi connectivity index (χ4n) is 2.78. The van der Waals surface area contributed by atoms with Gasteiger partial charge < -0.3 is 10.1 Å². The molecule has 2 aromatic rings. The first-order valence-electron chi connectivity index (χ1n) is 7.73. The summed E-state index contributed by atoms with van der Waals surface area (Å²) in [5.41, 5.74) is 0.833. The van der Waals surface area contributed by atoms with Gasteiger partial charge in [0.1, 0.15) is 5.82 Å². The molecule has 1 atom stereocenters. The molecule has 7 heteroatoms. The van der Waals surface area contributed by atoms with Gasteiger partial charge >= 0.3 is 0 Å². The number of nitro groups is 1. The first kappa shape index (κ1) is 15.6. The Hall–Kier alpha value is -2.25. The molecule has 3 rings (SSSR count). The number of morpholine rings is 1. The van der Waals surface area contributed by atoms with Crippen LogP contribution in [0.5, 0.6) is 0 Å². The van der Waals surface area contributed by atoms with Crippen LogP contribution in [-0.4, -0.2) is 53.7 Å². The summed E-state index contributed by atoms with van der Waals surface area (Å²) in [6.45, 7) is 6.56. The Balaban J connectivity index is 1.67. The Kier molecular flexibility index (Phi) is 4.68. The predicted octanol–water partition coefficient (Wildman–Crippen LogP) is 2.28. The minimum absolute atomic E-state index is 0.0840. The number of hydrogen-bond acceptors (Lipinski definition) is 6. The van der Waals surface area contributed by atoms with Crippen LogP contribution < -0.4 is 5.32 Å². The van der Waals surface area contributed by atoms with Crippen molar-refractivity contribution in [2.75, 3.05) is 38.2 Å². The minimum atomic E-state index is -0.393. The third kappa shape index (κ3) is 3.94. The maximum absolute atomic E-state index is 10.8. The predicted molar refractivity (Wildman–Crippen MR) is 88.7 cm³/mol. The van der Waals surface area contributed by atoms with Crippen molar-refractivity contribution in [1.29, 1.82) is 0 Å². The van der Waals surface area contributed by atoms with Gasteiger partial charge in [0.2, 0.25) is 0 Å². The van der Waals surface area contributed by atoms with E-state index in [0.717, 1.165) is 49.6 Å². The van der Waals surface area contributed by atoms with Gasteiger partial charge in [-0.15, -0.1) is 0 Å². The largest absolute Gasteiger partial charge is 0.379 e. The number of non-ortho nitro benzene ring substituents is 1. The Morgan fingerprint density at radius 1 is 1.35 bits per heavy atom. The van der Waals surface area contributed by atoms with Gasteiger partial charge in [0.05, 0.1) is 23.7 Å². The van der Waals surface area contributed by atoms with E-state index in [-0.39, 0.29) is 11.7 Å². The second-order valence-electron chi connectivity index (χ2n) is 5.79. The van der Waals surface area contributed by atoms with Gasteiger partial charge in [0.15, 0.2) is 0 Å². The van der Waals surface area contributed by atoms with Crippen LogP contribution in [0, 0.1) is 10.1 Å². The number of nitrogens with one attached hydrogen (secondary N) is 1. The third-order valence-electron chi connectivity index (χ3n) is 3.91. The SMILES string of the molecule is CC(CN1CCOCC1)Nc1ccc2cc([N+](=O)[O-])ccc2n1. The maximum atomic E-state index is 10.8. The van der Waals surface area contributed by atoms with Gasteiger partial charge in [0.25, 0.3) is 5.69 Å². The van der Waals surface area contributed by atoms with Crippen LogP contribution in [0.4, 0.5) is 11.5 Å². The Morgan fingerprint density at radius 2 is 2.13 bits per heavy atom. The first-order valence-corrected chi connectivity index (χ1v) is 7.73. The van der Waals surface area contributed by atoms with E-state index < -0.39 is 4.92 Å². The molecule has 0 radical (unpaired) electrons. The van der Waals surface area contributed by atoms with Crippen molar-refractivity contribution < 1.29 is 9.66 Å². The van der Waals surface area contributed by atoms with E-state index >= 15 is 0 Å². The van der Waals surface area contributed by atoms with Crippen LogP contribution in [0.1, 0.15) is 6.92 Å². The van der Waals surface area contributed by atoms with E-state index in [9.17, 15) is 10.1 Å². The lowest BCUT2D eigenvalue weighted by Gasteiger charge is -2.29. The lowest BCUT2D eigenvalue weighted by molar-refractivity contribution is -0.384. The first-order chi connectivity index (χ1) is 11.1. The smallest absolute Gasteiger partial charge is 0.270 e. The third-order valence-corrected chi connectivity index (χ3v) is 3.91. The van der Waals surface area contributed by atoms with Gasteiger partial charge in [-0.2, -0.15) is 0 Å². The molecule has 0 aliphatic carbocycles. The molecule has 7 nitrogen and oxygen atoms in total. The standard InChI is InChI=1S/C16H20N4O3/c1-12(11-19-6-8-23-9-7-19)17-16-5-2-13-10-14(20(21)22)3-4-15(13)18-16/h2-5,10,12H,6-9,11H2,1H3,(H,17,18). The number of nitro benzene ring substituents is 1. The molecule has 1 N–H and O–H groups in total. The fourth-order valence-corrected chi connectivity index (χ4v) is 2.78. The molecule has 0 amide bonds. The van der Waals surface area contributed by atoms with Gasteiger partial charge in [-0.25, -0.2) is 4.98 Å². The number of aromatic nitrogens is 1. The summed E-state index contributed by atoms with van der Waals surface area (Å²) in [6.07, 6.45) is 0. The van der Waals surface area contributed by atoms with Gasteiger partial charge in [0, 0.05) is 43.2 Å². The molecular weight excluding hydrogens is 296 g/mol. The van der Waals surface area contributed by atoms with Gasteiger partial charge in [-0.3, -0.25) is 15.0 Å². The zero-order valence-corrected chi connectivity index (χ0v) is 13.1. The van der Waals surface area contributed by atoms with E-state index in [1.54, 1.807) is 12.1 Å². The summed E-state index contributed by atoms with van der Waals surface area (Å²) < 4.78 is 5.35. The van der Waals surface area contributed by atoms with Crippen molar-refractivity contribution >= 4 is 22.4 Å². The molecule has 1 aliphatic heterocycles. The number of rotatable bonds is 5. The number of nitrogens with zero attached hydrogens (tertiary/aromatic N) is 3. The van der Waals surface area contributed by atoms with Crippen LogP contribution >= 0.6 is 0 Å². The quantitative estimate of drug-likeness (QED) is 0.673. The van der Waals surface area contributed by atoms with E-state index in [1.165, 1.54) is 6.07 Å². The highest BCUT2D eigenvalue weighted by atomic mass is 16.6. The lowest BCUT2D eigenvalue weighted by Crippen LogP contribution is -2.42. The normalized spacial score (nSPS) is 17.1. The average molecular weight is 316 g/mol. The minimum Gasteiger partial charge on any atom is -0.379 e. The second-order valence-corrected chi connectivity index (χ2v) is 5.79. The van der Waals surface area contributed by atoms with E-state index in [2.05, 4.69) is 22.1 Å². The molecule has 2 heterocycles. The lowest BCUT2D eigenvalue weighted by atomic mass is 10.2. The van der Waals surface area contributed by atoms with Crippen LogP contribution in [-0.2, 0) is 4.74 Å². The van der Waals surface area contributed by atoms with Crippen LogP contribution in [0.25, 0.3) is 10.9 Å². The number of benzene rings is 1. The zero-order valence-electron chi connectivity index (χ0n) is 13.1. The molecule has 23 heavy (non-hydrogen) atoms. The summed E-state index contributed by atoms with van der Waals surface area (Å²) in [7, 11) is 0. The zero-order chi connectivity index (χ0) is 16.2. The Bertz CT molecular complexity index is 701. The highest BCUT2D eigenvalue weighted by Gasteiger charge is 2.14. The molecule has 1 aliphatic rings. The van der Waals surface area contributed by atoms with Crippen LogP contribution in [0.15, 0.2) is 30.3 Å². The molecular formula is C16H20N4O3. The molecule has 1 aromatic carbocycles. The summed E-state index contributed by atoms with van der Waals surface area (Å²) >= 11 is 0. The Morgan fingerprint density at radius 3 is 2.87 bits per heavy atom. The van der Waals surface area contributed by atoms with Gasteiger partial charge in [-0.05, 0) is 25.1 Å². The van der Waals surface area contributed by atoms with Crippen LogP contribution in [0.2, 0.25) is 0 Å². The van der Waals surface area contributed by atoms with Crippen molar-refractivity contribution in [3.63, 3.8) is 0 Å². The van der Waals surface area contributed by atoms with Crippen molar-refractivity contribution in [2.45, 2.75) is 13.0 Å². The monoisotopic (exact) mass is 316 g/mol. The van der Waals surface area contributed by atoms with E-state index in [0.29, 0.717) is 0 Å². The number of fused-ring (bicyclic) bond motifs is 1. The molecule has 1 aromatic heterocycles. The number of pyridine rings is 1. The summed E-state index contributed by atoms with van der Waals surface area (Å²) in [4.78, 5) is 17.3. The molecule has 1 unspecified atom stereocenters. The molecule has 0 saturated carbocycles. The molecule has 122 valence electrons. The van der Waals surface area contributed by atoms with Crippen LogP contribution in [0.3, 0.4) is 0 Å². The maximum Gasteiger partial charge on any atom is 0.270 e. The Labute approximate surface area is 134 Å². The van der Waals surface area contributed by atoms with Crippen molar-refractivity contribution in [3.8, 4) is 0 Å². The van der Waals surface area contributed by atoms with Gasteiger partial charge in [-0.1, -0.05) is 0 Å². The fraction of sp³-hybridized carbons (Fsp3) is 0.438. The molecule has 1 saturated heterocycles. The van der Waals surface area contributed by atoms with Crippen molar-refractivity contribution in [3.05, 3.63) is 40.4 Å². The summed E-state index contributed by atoms with van der Waals surface area (Å²) in [5, 5.41) is 15.0. The number of hydrogen-bond donors (Lipinski definition) is 1. The summed E-state index contributed by atoms with van der Waals surface area (Å²) in [6, 6.07) is 8.70.